The summed E-state index contributed by atoms with van der Waals surface area (Å²) in [4.78, 5) is 30.2. The van der Waals surface area contributed by atoms with Crippen molar-refractivity contribution in [3.05, 3.63) is 11.6 Å². The molecule has 2 N–H and O–H groups in total. The Kier molecular flexibility index (Phi) is 5.31. The average Bonchev–Trinajstić information content (AvgIpc) is 2.92. The Balaban J connectivity index is 1.71. The van der Waals surface area contributed by atoms with Crippen LogP contribution in [0, 0.1) is 0 Å². The topological polar surface area (TPSA) is 76.0 Å². The second-order valence-electron chi connectivity index (χ2n) is 4.50. The van der Waals surface area contributed by atoms with Gasteiger partial charge in [0, 0.05) is 11.6 Å². The number of anilines is 1. The fourth-order valence-corrected chi connectivity index (χ4v) is 2.62. The summed E-state index contributed by atoms with van der Waals surface area (Å²) in [5.74, 6) is -0.0421. The molecule has 0 unspecified atom stereocenters. The van der Waals surface area contributed by atoms with Crippen molar-refractivity contribution in [1.29, 1.82) is 0 Å². The normalized spacial score (nSPS) is 15.9. The van der Waals surface area contributed by atoms with Crippen LogP contribution in [0.25, 0.3) is 0 Å². The molecule has 8 heteroatoms. The second-order valence-corrected chi connectivity index (χ2v) is 5.39. The first-order chi connectivity index (χ1) is 9.69. The van der Waals surface area contributed by atoms with Crippen molar-refractivity contribution in [3.8, 4) is 0 Å². The van der Waals surface area contributed by atoms with Gasteiger partial charge in [0.1, 0.15) is 0 Å². The van der Waals surface area contributed by atoms with Crippen LogP contribution in [0.3, 0.4) is 0 Å². The van der Waals surface area contributed by atoms with Crippen LogP contribution in [0.2, 0.25) is 0 Å². The van der Waals surface area contributed by atoms with Crippen LogP contribution < -0.4 is 10.2 Å². The number of thiazole rings is 1. The van der Waals surface area contributed by atoms with Gasteiger partial charge < -0.3 is 9.64 Å². The minimum atomic E-state index is -0.265. The number of carbonyl (C=O) groups excluding carboxylic acids is 2. The van der Waals surface area contributed by atoms with E-state index in [2.05, 4.69) is 10.3 Å². The number of carbonyl (C=O) groups is 2. The number of nitrogens with one attached hydrogen (secondary N) is 2. The largest absolute Gasteiger partial charge is 0.450 e. The maximum Gasteiger partial charge on any atom is 0.410 e. The Morgan fingerprint density at radius 2 is 2.25 bits per heavy atom. The van der Waals surface area contributed by atoms with Crippen molar-refractivity contribution in [1.82, 2.24) is 9.88 Å². The van der Waals surface area contributed by atoms with E-state index < -0.39 is 0 Å². The molecular weight excluding hydrogens is 280 g/mol. The van der Waals surface area contributed by atoms with Crippen LogP contribution in [0.4, 0.5) is 9.93 Å². The SMILES string of the molecule is CCOC(=O)N1CC[NH+](CC(=O)Nc2nccs2)CC1. The molecule has 0 saturated carbocycles. The molecule has 2 rings (SSSR count). The van der Waals surface area contributed by atoms with Crippen LogP contribution >= 0.6 is 11.3 Å². The van der Waals surface area contributed by atoms with E-state index in [4.69, 9.17) is 4.74 Å². The van der Waals surface area contributed by atoms with Crippen molar-refractivity contribution in [2.75, 3.05) is 44.6 Å². The van der Waals surface area contributed by atoms with Gasteiger partial charge in [0.05, 0.1) is 32.8 Å². The Morgan fingerprint density at radius 3 is 2.85 bits per heavy atom. The molecule has 1 fully saturated rings. The van der Waals surface area contributed by atoms with Crippen molar-refractivity contribution in [2.45, 2.75) is 6.92 Å². The quantitative estimate of drug-likeness (QED) is 0.781. The summed E-state index contributed by atoms with van der Waals surface area (Å²) in [5.41, 5.74) is 0. The van der Waals surface area contributed by atoms with Gasteiger partial charge in [-0.2, -0.15) is 0 Å². The maximum absolute atomic E-state index is 11.8. The van der Waals surface area contributed by atoms with E-state index in [1.54, 1.807) is 18.0 Å². The van der Waals surface area contributed by atoms with Gasteiger partial charge in [-0.25, -0.2) is 9.78 Å². The average molecular weight is 299 g/mol. The number of rotatable bonds is 4. The second kappa shape index (κ2) is 7.20. The summed E-state index contributed by atoms with van der Waals surface area (Å²) in [6, 6.07) is 0. The van der Waals surface area contributed by atoms with E-state index in [1.165, 1.54) is 16.2 Å². The van der Waals surface area contributed by atoms with Crippen molar-refractivity contribution >= 4 is 28.5 Å². The van der Waals surface area contributed by atoms with Gasteiger partial charge in [-0.1, -0.05) is 0 Å². The van der Waals surface area contributed by atoms with Gasteiger partial charge in [-0.3, -0.25) is 15.0 Å². The Hall–Kier alpha value is -1.67. The standard InChI is InChI=1S/C12H18N4O3S/c1-2-19-12(18)16-6-4-15(5-7-16)9-10(17)14-11-13-3-8-20-11/h3,8H,2,4-7,9H2,1H3,(H,13,14,17)/p+1. The van der Waals surface area contributed by atoms with Gasteiger partial charge >= 0.3 is 6.09 Å². The molecule has 0 bridgehead atoms. The van der Waals surface area contributed by atoms with Crippen molar-refractivity contribution < 1.29 is 19.2 Å². The highest BCUT2D eigenvalue weighted by atomic mass is 32.1. The monoisotopic (exact) mass is 299 g/mol. The summed E-state index contributed by atoms with van der Waals surface area (Å²) >= 11 is 1.40. The van der Waals surface area contributed by atoms with Gasteiger partial charge in [-0.15, -0.1) is 11.3 Å². The molecule has 1 aliphatic heterocycles. The van der Waals surface area contributed by atoms with Crippen LogP contribution in [0.15, 0.2) is 11.6 Å². The van der Waals surface area contributed by atoms with E-state index in [-0.39, 0.29) is 12.0 Å². The third-order valence-electron chi connectivity index (χ3n) is 3.09. The minimum absolute atomic E-state index is 0.0421. The van der Waals surface area contributed by atoms with Crippen LogP contribution in [-0.2, 0) is 9.53 Å². The molecule has 0 aliphatic carbocycles. The molecule has 0 aromatic carbocycles. The summed E-state index contributed by atoms with van der Waals surface area (Å²) in [7, 11) is 0. The van der Waals surface area contributed by atoms with Gasteiger partial charge in [0.15, 0.2) is 11.7 Å². The molecule has 2 amide bonds. The fourth-order valence-electron chi connectivity index (χ4n) is 2.07. The highest BCUT2D eigenvalue weighted by Crippen LogP contribution is 2.09. The molecule has 20 heavy (non-hydrogen) atoms. The number of nitrogens with zero attached hydrogens (tertiary/aromatic N) is 2. The van der Waals surface area contributed by atoms with Crippen molar-refractivity contribution in [3.63, 3.8) is 0 Å². The molecule has 7 nitrogen and oxygen atoms in total. The number of amides is 2. The van der Waals surface area contributed by atoms with Crippen LogP contribution in [-0.4, -0.2) is 61.2 Å². The summed E-state index contributed by atoms with van der Waals surface area (Å²) < 4.78 is 4.96. The number of hydrogen-bond donors (Lipinski definition) is 2. The van der Waals surface area contributed by atoms with E-state index >= 15 is 0 Å². The highest BCUT2D eigenvalue weighted by molar-refractivity contribution is 7.13. The molecule has 0 spiro atoms. The molecule has 1 aliphatic rings. The first-order valence-electron chi connectivity index (χ1n) is 6.63. The Morgan fingerprint density at radius 1 is 1.50 bits per heavy atom. The first kappa shape index (κ1) is 14.7. The number of ether oxygens (including phenoxy) is 1. The lowest BCUT2D eigenvalue weighted by molar-refractivity contribution is -0.895. The summed E-state index contributed by atoms with van der Waals surface area (Å²) in [5, 5.41) is 5.21. The molecule has 1 aromatic heterocycles. The van der Waals surface area contributed by atoms with E-state index in [1.807, 2.05) is 5.38 Å². The third kappa shape index (κ3) is 4.17. The van der Waals surface area contributed by atoms with Gasteiger partial charge in [0.2, 0.25) is 0 Å². The summed E-state index contributed by atoms with van der Waals surface area (Å²) in [6.07, 6.45) is 1.39. The third-order valence-corrected chi connectivity index (χ3v) is 3.77. The zero-order valence-electron chi connectivity index (χ0n) is 11.4. The van der Waals surface area contributed by atoms with Gasteiger partial charge in [-0.05, 0) is 6.92 Å². The lowest BCUT2D eigenvalue weighted by Gasteiger charge is -2.31. The van der Waals surface area contributed by atoms with Gasteiger partial charge in [0.25, 0.3) is 5.91 Å². The minimum Gasteiger partial charge on any atom is -0.450 e. The fraction of sp³-hybridized carbons (Fsp3) is 0.583. The Labute approximate surface area is 121 Å². The first-order valence-corrected chi connectivity index (χ1v) is 7.51. The smallest absolute Gasteiger partial charge is 0.410 e. The zero-order valence-corrected chi connectivity index (χ0v) is 12.2. The predicted molar refractivity (Wildman–Crippen MR) is 74.9 cm³/mol. The summed E-state index contributed by atoms with van der Waals surface area (Å²) in [6.45, 7) is 5.34. The number of piperazine rings is 1. The molecular formula is C12H19N4O3S+. The molecule has 2 heterocycles. The molecule has 110 valence electrons. The number of aromatic nitrogens is 1. The Bertz CT molecular complexity index is 444. The molecule has 0 radical (unpaired) electrons. The van der Waals surface area contributed by atoms with E-state index in [0.717, 1.165) is 13.1 Å². The lowest BCUT2D eigenvalue weighted by atomic mass is 10.3. The molecule has 1 saturated heterocycles. The maximum atomic E-state index is 11.8. The lowest BCUT2D eigenvalue weighted by Crippen LogP contribution is -3.15. The van der Waals surface area contributed by atoms with Crippen LogP contribution in [0.5, 0.6) is 0 Å². The molecule has 0 atom stereocenters. The van der Waals surface area contributed by atoms with E-state index in [0.29, 0.717) is 31.4 Å². The van der Waals surface area contributed by atoms with Crippen molar-refractivity contribution in [2.24, 2.45) is 0 Å². The molecule has 1 aromatic rings. The number of hydrogen-bond acceptors (Lipinski definition) is 5. The predicted octanol–water partition coefficient (Wildman–Crippen LogP) is -0.561. The van der Waals surface area contributed by atoms with E-state index in [9.17, 15) is 9.59 Å². The number of quaternary nitrogens is 1. The van der Waals surface area contributed by atoms with Crippen LogP contribution in [0.1, 0.15) is 6.92 Å². The zero-order chi connectivity index (χ0) is 14.4. The highest BCUT2D eigenvalue weighted by Gasteiger charge is 2.25.